The summed E-state index contributed by atoms with van der Waals surface area (Å²) in [4.78, 5) is 30.1. The number of ether oxygens (including phenoxy) is 1. The highest BCUT2D eigenvalue weighted by Gasteiger charge is 2.45. The Hall–Kier alpha value is -2.24. The lowest BCUT2D eigenvalue weighted by atomic mass is 9.82. The minimum absolute atomic E-state index is 0.169. The van der Waals surface area contributed by atoms with Crippen LogP contribution in [0.5, 0.6) is 0 Å². The number of anilines is 1. The first-order chi connectivity index (χ1) is 14.6. The molecule has 1 N–H and O–H groups in total. The molecule has 1 aromatic carbocycles. The maximum atomic E-state index is 13.8. The molecule has 0 radical (unpaired) electrons. The average Bonchev–Trinajstić information content (AvgIpc) is 2.73. The van der Waals surface area contributed by atoms with E-state index in [1.807, 2.05) is 56.0 Å². The summed E-state index contributed by atoms with van der Waals surface area (Å²) in [5, 5.41) is 3.56. The Balaban J connectivity index is 1.73. The number of likely N-dealkylation sites (tertiary alicyclic amines) is 2. The van der Waals surface area contributed by atoms with Crippen molar-refractivity contribution in [1.29, 1.82) is 0 Å². The Morgan fingerprint density at radius 2 is 1.58 bits per heavy atom. The molecule has 0 atom stereocenters. The van der Waals surface area contributed by atoms with Crippen LogP contribution in [0.1, 0.15) is 60.3 Å². The predicted molar refractivity (Wildman–Crippen MR) is 124 cm³/mol. The molecule has 1 aromatic rings. The van der Waals surface area contributed by atoms with Crippen LogP contribution in [0.15, 0.2) is 30.3 Å². The van der Waals surface area contributed by atoms with E-state index in [9.17, 15) is 9.59 Å². The number of rotatable bonds is 4. The zero-order valence-electron chi connectivity index (χ0n) is 19.8. The zero-order chi connectivity index (χ0) is 22.6. The first-order valence-corrected chi connectivity index (χ1v) is 11.7. The molecule has 0 bridgehead atoms. The quantitative estimate of drug-likeness (QED) is 0.749. The maximum Gasteiger partial charge on any atom is 0.410 e. The molecule has 0 aromatic heterocycles. The number of hydrogen-bond donors (Lipinski definition) is 1. The van der Waals surface area contributed by atoms with Crippen molar-refractivity contribution in [3.63, 3.8) is 0 Å². The van der Waals surface area contributed by atoms with Crippen molar-refractivity contribution in [2.45, 2.75) is 71.4 Å². The molecule has 0 saturated carbocycles. The van der Waals surface area contributed by atoms with E-state index in [0.29, 0.717) is 37.8 Å². The Morgan fingerprint density at radius 3 is 2.10 bits per heavy atom. The molecular weight excluding hydrogens is 390 g/mol. The van der Waals surface area contributed by atoms with E-state index >= 15 is 0 Å². The number of para-hydroxylation sites is 1. The van der Waals surface area contributed by atoms with Crippen LogP contribution in [0.4, 0.5) is 10.5 Å². The van der Waals surface area contributed by atoms with Gasteiger partial charge in [0, 0.05) is 31.9 Å². The third kappa shape index (κ3) is 5.92. The van der Waals surface area contributed by atoms with Crippen LogP contribution in [-0.4, -0.2) is 59.1 Å². The molecule has 172 valence electrons. The topological polar surface area (TPSA) is 61.9 Å². The Kier molecular flexibility index (Phi) is 7.17. The number of amides is 2. The minimum atomic E-state index is -0.690. The van der Waals surface area contributed by atoms with Gasteiger partial charge in [-0.05, 0) is 70.4 Å². The molecule has 6 nitrogen and oxygen atoms in total. The summed E-state index contributed by atoms with van der Waals surface area (Å²) >= 11 is 0. The predicted octanol–water partition coefficient (Wildman–Crippen LogP) is 4.76. The third-order valence-electron chi connectivity index (χ3n) is 6.61. The highest BCUT2D eigenvalue weighted by Crippen LogP contribution is 2.32. The largest absolute Gasteiger partial charge is 0.444 e. The van der Waals surface area contributed by atoms with Crippen LogP contribution in [0, 0.1) is 11.8 Å². The number of nitrogens with zero attached hydrogens (tertiary/aromatic N) is 2. The second kappa shape index (κ2) is 9.49. The second-order valence-corrected chi connectivity index (χ2v) is 10.4. The summed E-state index contributed by atoms with van der Waals surface area (Å²) < 4.78 is 5.55. The summed E-state index contributed by atoms with van der Waals surface area (Å²) in [5.41, 5.74) is -0.270. The van der Waals surface area contributed by atoms with Crippen molar-refractivity contribution in [3.05, 3.63) is 30.3 Å². The fourth-order valence-corrected chi connectivity index (χ4v) is 4.66. The van der Waals surface area contributed by atoms with Crippen LogP contribution >= 0.6 is 0 Å². The van der Waals surface area contributed by atoms with Gasteiger partial charge in [-0.1, -0.05) is 32.0 Å². The molecule has 0 unspecified atom stereocenters. The Morgan fingerprint density at radius 1 is 1.00 bits per heavy atom. The van der Waals surface area contributed by atoms with Crippen molar-refractivity contribution in [1.82, 2.24) is 9.80 Å². The minimum Gasteiger partial charge on any atom is -0.444 e. The Labute approximate surface area is 187 Å². The molecule has 2 aliphatic heterocycles. The molecule has 2 saturated heterocycles. The standard InChI is InChI=1S/C25H39N3O3/c1-19(2)20-11-15-27(16-12-20)22(29)25(26-21-9-7-6-8-10-21)13-17-28(18-14-25)23(30)31-24(3,4)5/h6-10,19-20,26H,11-18H2,1-5H3. The van der Waals surface area contributed by atoms with E-state index < -0.39 is 11.1 Å². The van der Waals surface area contributed by atoms with E-state index in [-0.39, 0.29) is 12.0 Å². The monoisotopic (exact) mass is 429 g/mol. The molecule has 31 heavy (non-hydrogen) atoms. The van der Waals surface area contributed by atoms with Crippen LogP contribution in [0.25, 0.3) is 0 Å². The van der Waals surface area contributed by atoms with Gasteiger partial charge in [0.05, 0.1) is 0 Å². The number of piperidine rings is 2. The van der Waals surface area contributed by atoms with Crippen LogP contribution < -0.4 is 5.32 Å². The molecule has 2 heterocycles. The second-order valence-electron chi connectivity index (χ2n) is 10.4. The first-order valence-electron chi connectivity index (χ1n) is 11.7. The average molecular weight is 430 g/mol. The van der Waals surface area contributed by atoms with Crippen molar-refractivity contribution in [2.75, 3.05) is 31.5 Å². The highest BCUT2D eigenvalue weighted by atomic mass is 16.6. The first kappa shape index (κ1) is 23.4. The van der Waals surface area contributed by atoms with Gasteiger partial charge in [0.1, 0.15) is 11.1 Å². The van der Waals surface area contributed by atoms with Crippen molar-refractivity contribution in [2.24, 2.45) is 11.8 Å². The van der Waals surface area contributed by atoms with E-state index in [2.05, 4.69) is 19.2 Å². The number of benzene rings is 1. The molecular formula is C25H39N3O3. The fraction of sp³-hybridized carbons (Fsp3) is 0.680. The van der Waals surface area contributed by atoms with Crippen molar-refractivity contribution >= 4 is 17.7 Å². The maximum absolute atomic E-state index is 13.8. The summed E-state index contributed by atoms with van der Waals surface area (Å²) in [5.74, 6) is 1.52. The van der Waals surface area contributed by atoms with Gasteiger partial charge in [-0.15, -0.1) is 0 Å². The Bertz CT molecular complexity index is 741. The van der Waals surface area contributed by atoms with Gasteiger partial charge in [-0.3, -0.25) is 4.79 Å². The smallest absolute Gasteiger partial charge is 0.410 e. The lowest BCUT2D eigenvalue weighted by Gasteiger charge is -2.45. The number of carbonyl (C=O) groups excluding carboxylic acids is 2. The van der Waals surface area contributed by atoms with Crippen LogP contribution in [0.2, 0.25) is 0 Å². The zero-order valence-corrected chi connectivity index (χ0v) is 19.8. The van der Waals surface area contributed by atoms with Gasteiger partial charge in [0.15, 0.2) is 0 Å². The summed E-state index contributed by atoms with van der Waals surface area (Å²) in [6.45, 7) is 12.8. The van der Waals surface area contributed by atoms with Crippen LogP contribution in [0.3, 0.4) is 0 Å². The van der Waals surface area contributed by atoms with Gasteiger partial charge in [-0.25, -0.2) is 4.79 Å². The number of carbonyl (C=O) groups is 2. The van der Waals surface area contributed by atoms with E-state index in [1.165, 1.54) is 0 Å². The lowest BCUT2D eigenvalue weighted by Crippen LogP contribution is -2.61. The molecule has 2 fully saturated rings. The van der Waals surface area contributed by atoms with Gasteiger partial charge in [0.25, 0.3) is 0 Å². The van der Waals surface area contributed by atoms with Crippen molar-refractivity contribution < 1.29 is 14.3 Å². The SMILES string of the molecule is CC(C)C1CCN(C(=O)C2(Nc3ccccc3)CCN(C(=O)OC(C)(C)C)CC2)CC1. The summed E-state index contributed by atoms with van der Waals surface area (Å²) in [7, 11) is 0. The molecule has 2 aliphatic rings. The fourth-order valence-electron chi connectivity index (χ4n) is 4.66. The normalized spacial score (nSPS) is 19.9. The van der Waals surface area contributed by atoms with E-state index in [1.54, 1.807) is 4.90 Å². The molecule has 6 heteroatoms. The van der Waals surface area contributed by atoms with Gasteiger partial charge in [0.2, 0.25) is 5.91 Å². The van der Waals surface area contributed by atoms with Gasteiger partial charge < -0.3 is 19.9 Å². The molecule has 3 rings (SSSR count). The van der Waals surface area contributed by atoms with Gasteiger partial charge in [-0.2, -0.15) is 0 Å². The van der Waals surface area contributed by atoms with E-state index in [4.69, 9.17) is 4.74 Å². The highest BCUT2D eigenvalue weighted by molar-refractivity contribution is 5.90. The van der Waals surface area contributed by atoms with E-state index in [0.717, 1.165) is 31.6 Å². The number of nitrogens with one attached hydrogen (secondary N) is 1. The molecule has 0 spiro atoms. The van der Waals surface area contributed by atoms with Crippen LogP contribution in [-0.2, 0) is 9.53 Å². The summed E-state index contributed by atoms with van der Waals surface area (Å²) in [6.07, 6.45) is 2.98. The lowest BCUT2D eigenvalue weighted by molar-refractivity contribution is -0.139. The third-order valence-corrected chi connectivity index (χ3v) is 6.61. The molecule has 0 aliphatic carbocycles. The summed E-state index contributed by atoms with van der Waals surface area (Å²) in [6, 6.07) is 9.93. The van der Waals surface area contributed by atoms with Crippen molar-refractivity contribution in [3.8, 4) is 0 Å². The van der Waals surface area contributed by atoms with Gasteiger partial charge >= 0.3 is 6.09 Å². The molecule has 2 amide bonds. The number of hydrogen-bond acceptors (Lipinski definition) is 4.